The van der Waals surface area contributed by atoms with Gasteiger partial charge in [-0.25, -0.2) is 0 Å². The Morgan fingerprint density at radius 3 is 2.75 bits per heavy atom. The van der Waals surface area contributed by atoms with Gasteiger partial charge in [0.1, 0.15) is 0 Å². The zero-order chi connectivity index (χ0) is 11.4. The first-order chi connectivity index (χ1) is 7.81. The smallest absolute Gasteiger partial charge is 0.236 e. The zero-order valence-corrected chi connectivity index (χ0v) is 10.2. The molecule has 2 aliphatic rings. The van der Waals surface area contributed by atoms with Crippen LogP contribution in [0.3, 0.4) is 0 Å². The predicted molar refractivity (Wildman–Crippen MR) is 64.3 cm³/mol. The van der Waals surface area contributed by atoms with E-state index in [9.17, 15) is 4.79 Å². The fourth-order valence-corrected chi connectivity index (χ4v) is 2.69. The summed E-state index contributed by atoms with van der Waals surface area (Å²) in [6.07, 6.45) is 3.55. The number of hydrogen-bond acceptors (Lipinski definition) is 3. The van der Waals surface area contributed by atoms with Gasteiger partial charge in [0.05, 0.1) is 6.54 Å². The van der Waals surface area contributed by atoms with Gasteiger partial charge in [0.15, 0.2) is 0 Å². The third-order valence-corrected chi connectivity index (χ3v) is 3.75. The van der Waals surface area contributed by atoms with Crippen molar-refractivity contribution in [2.24, 2.45) is 0 Å². The first-order valence-corrected chi connectivity index (χ1v) is 6.54. The van der Waals surface area contributed by atoms with Crippen LogP contribution in [0.1, 0.15) is 26.2 Å². The van der Waals surface area contributed by atoms with Crippen molar-refractivity contribution in [2.45, 2.75) is 32.2 Å². The topological polar surface area (TPSA) is 35.6 Å². The third kappa shape index (κ3) is 2.74. The summed E-state index contributed by atoms with van der Waals surface area (Å²) < 4.78 is 0. The molecule has 0 aromatic rings. The number of carbonyl (C=O) groups is 1. The Bertz CT molecular complexity index is 232. The van der Waals surface area contributed by atoms with Crippen LogP contribution >= 0.6 is 0 Å². The maximum absolute atomic E-state index is 12.0. The van der Waals surface area contributed by atoms with Crippen LogP contribution in [0, 0.1) is 0 Å². The molecule has 2 saturated heterocycles. The van der Waals surface area contributed by atoms with Crippen molar-refractivity contribution in [1.82, 2.24) is 15.1 Å². The minimum Gasteiger partial charge on any atom is -0.342 e. The molecule has 1 unspecified atom stereocenters. The molecule has 0 aliphatic carbocycles. The summed E-state index contributed by atoms with van der Waals surface area (Å²) in [6, 6.07) is 0.566. The molecule has 0 aromatic heterocycles. The third-order valence-electron chi connectivity index (χ3n) is 3.75. The van der Waals surface area contributed by atoms with E-state index in [1.165, 1.54) is 19.3 Å². The molecule has 2 heterocycles. The van der Waals surface area contributed by atoms with Crippen LogP contribution in [-0.2, 0) is 4.79 Å². The van der Waals surface area contributed by atoms with E-state index >= 15 is 0 Å². The number of nitrogens with zero attached hydrogens (tertiary/aromatic N) is 2. The molecule has 0 saturated carbocycles. The molecular weight excluding hydrogens is 202 g/mol. The second kappa shape index (κ2) is 5.64. The highest BCUT2D eigenvalue weighted by atomic mass is 16.2. The van der Waals surface area contributed by atoms with E-state index < -0.39 is 0 Å². The Morgan fingerprint density at radius 2 is 2.19 bits per heavy atom. The number of carbonyl (C=O) groups excluding carboxylic acids is 1. The highest BCUT2D eigenvalue weighted by Crippen LogP contribution is 2.11. The Morgan fingerprint density at radius 1 is 1.44 bits per heavy atom. The number of likely N-dealkylation sites (tertiary alicyclic amines) is 1. The van der Waals surface area contributed by atoms with E-state index in [1.54, 1.807) is 0 Å². The van der Waals surface area contributed by atoms with Gasteiger partial charge in [-0.2, -0.15) is 0 Å². The summed E-state index contributed by atoms with van der Waals surface area (Å²) in [7, 11) is 0. The van der Waals surface area contributed by atoms with Crippen LogP contribution in [0.2, 0.25) is 0 Å². The fourth-order valence-electron chi connectivity index (χ4n) is 2.69. The van der Waals surface area contributed by atoms with Crippen LogP contribution < -0.4 is 5.32 Å². The average Bonchev–Trinajstić information content (AvgIpc) is 2.96. The lowest BCUT2D eigenvalue weighted by atomic mass is 10.2. The molecule has 2 rings (SSSR count). The highest BCUT2D eigenvalue weighted by molar-refractivity contribution is 5.78. The fraction of sp³-hybridized carbons (Fsp3) is 0.917. The van der Waals surface area contributed by atoms with Crippen molar-refractivity contribution >= 4 is 5.91 Å². The van der Waals surface area contributed by atoms with Crippen molar-refractivity contribution in [1.29, 1.82) is 0 Å². The maximum Gasteiger partial charge on any atom is 0.236 e. The molecule has 4 heteroatoms. The summed E-state index contributed by atoms with van der Waals surface area (Å²) >= 11 is 0. The van der Waals surface area contributed by atoms with Gasteiger partial charge >= 0.3 is 0 Å². The Hall–Kier alpha value is -0.610. The van der Waals surface area contributed by atoms with Gasteiger partial charge in [0, 0.05) is 25.7 Å². The Labute approximate surface area is 98.0 Å². The average molecular weight is 225 g/mol. The van der Waals surface area contributed by atoms with Crippen LogP contribution in [0.15, 0.2) is 0 Å². The van der Waals surface area contributed by atoms with Gasteiger partial charge in [-0.15, -0.1) is 0 Å². The number of likely N-dealkylation sites (N-methyl/N-ethyl adjacent to an activating group) is 1. The molecule has 0 radical (unpaired) electrons. The molecule has 4 nitrogen and oxygen atoms in total. The molecular formula is C12H23N3O. The normalized spacial score (nSPS) is 25.6. The van der Waals surface area contributed by atoms with Crippen LogP contribution in [0.4, 0.5) is 0 Å². The van der Waals surface area contributed by atoms with Gasteiger partial charge < -0.3 is 10.2 Å². The van der Waals surface area contributed by atoms with Crippen molar-refractivity contribution in [3.05, 3.63) is 0 Å². The molecule has 1 atom stereocenters. The van der Waals surface area contributed by atoms with Crippen molar-refractivity contribution in [2.75, 3.05) is 39.3 Å². The van der Waals surface area contributed by atoms with Gasteiger partial charge in [-0.3, -0.25) is 9.69 Å². The van der Waals surface area contributed by atoms with Gasteiger partial charge in [0.25, 0.3) is 0 Å². The van der Waals surface area contributed by atoms with E-state index in [0.29, 0.717) is 18.5 Å². The first kappa shape index (κ1) is 11.9. The van der Waals surface area contributed by atoms with Crippen LogP contribution in [0.25, 0.3) is 0 Å². The van der Waals surface area contributed by atoms with E-state index in [0.717, 1.165) is 32.7 Å². The maximum atomic E-state index is 12.0. The number of amides is 1. The van der Waals surface area contributed by atoms with Gasteiger partial charge in [-0.05, 0) is 32.4 Å². The molecule has 2 fully saturated rings. The summed E-state index contributed by atoms with van der Waals surface area (Å²) in [5, 5.41) is 3.36. The van der Waals surface area contributed by atoms with Crippen LogP contribution in [-0.4, -0.2) is 61.0 Å². The van der Waals surface area contributed by atoms with E-state index in [2.05, 4.69) is 17.1 Å². The molecule has 0 bridgehead atoms. The first-order valence-electron chi connectivity index (χ1n) is 6.54. The second-order valence-electron chi connectivity index (χ2n) is 4.80. The molecule has 1 N–H and O–H groups in total. The van der Waals surface area contributed by atoms with Crippen molar-refractivity contribution in [3.63, 3.8) is 0 Å². The molecule has 0 aromatic carbocycles. The second-order valence-corrected chi connectivity index (χ2v) is 4.80. The van der Waals surface area contributed by atoms with Crippen molar-refractivity contribution < 1.29 is 4.79 Å². The molecule has 1 amide bonds. The SMILES string of the molecule is CCN(CC(=O)N1CCCC1)C1CCNC1. The number of rotatable bonds is 4. The minimum absolute atomic E-state index is 0.325. The summed E-state index contributed by atoms with van der Waals surface area (Å²) in [6.45, 7) is 7.82. The number of nitrogens with one attached hydrogen (secondary N) is 1. The lowest BCUT2D eigenvalue weighted by Gasteiger charge is -2.28. The molecule has 2 aliphatic heterocycles. The highest BCUT2D eigenvalue weighted by Gasteiger charge is 2.25. The standard InChI is InChI=1S/C12H23N3O/c1-2-14(11-5-6-13-9-11)10-12(16)15-7-3-4-8-15/h11,13H,2-10H2,1H3. The van der Waals surface area contributed by atoms with Gasteiger partial charge in [0.2, 0.25) is 5.91 Å². The Kier molecular flexibility index (Phi) is 4.18. The van der Waals surface area contributed by atoms with E-state index in [4.69, 9.17) is 0 Å². The summed E-state index contributed by atoms with van der Waals surface area (Å²) in [5.41, 5.74) is 0. The lowest BCUT2D eigenvalue weighted by Crippen LogP contribution is -2.44. The quantitative estimate of drug-likeness (QED) is 0.747. The number of hydrogen-bond donors (Lipinski definition) is 1. The van der Waals surface area contributed by atoms with Gasteiger partial charge in [-0.1, -0.05) is 6.92 Å². The largest absolute Gasteiger partial charge is 0.342 e. The van der Waals surface area contributed by atoms with Crippen molar-refractivity contribution in [3.8, 4) is 0 Å². The molecule has 16 heavy (non-hydrogen) atoms. The van der Waals surface area contributed by atoms with E-state index in [-0.39, 0.29) is 0 Å². The lowest BCUT2D eigenvalue weighted by molar-refractivity contribution is -0.131. The molecule has 0 spiro atoms. The Balaban J connectivity index is 1.82. The summed E-state index contributed by atoms with van der Waals surface area (Å²) in [4.78, 5) is 16.4. The molecule has 92 valence electrons. The predicted octanol–water partition coefficient (Wildman–Crippen LogP) is 0.293. The summed E-state index contributed by atoms with van der Waals surface area (Å²) in [5.74, 6) is 0.325. The monoisotopic (exact) mass is 225 g/mol. The minimum atomic E-state index is 0.325. The van der Waals surface area contributed by atoms with Crippen LogP contribution in [0.5, 0.6) is 0 Å². The zero-order valence-electron chi connectivity index (χ0n) is 10.2. The van der Waals surface area contributed by atoms with E-state index in [1.807, 2.05) is 4.90 Å².